The smallest absolute Gasteiger partial charge is 0.336 e. The SMILES string of the molecule is CC(C)OC(CC(=O)C(C)(C)O)C(=O)OCc1ccccc1. The first kappa shape index (κ1) is 18.3. The van der Waals surface area contributed by atoms with Gasteiger partial charge >= 0.3 is 5.97 Å². The summed E-state index contributed by atoms with van der Waals surface area (Å²) in [6.45, 7) is 6.43. The number of Topliss-reactive ketones (excluding diaryl/α,β-unsaturated/α-hetero) is 1. The van der Waals surface area contributed by atoms with Crippen molar-refractivity contribution in [2.75, 3.05) is 0 Å². The van der Waals surface area contributed by atoms with Crippen LogP contribution >= 0.6 is 0 Å². The highest BCUT2D eigenvalue weighted by Crippen LogP contribution is 2.14. The molecule has 1 aromatic rings. The minimum absolute atomic E-state index is 0.119. The summed E-state index contributed by atoms with van der Waals surface area (Å²) < 4.78 is 10.7. The van der Waals surface area contributed by atoms with Gasteiger partial charge in [0.2, 0.25) is 0 Å². The third-order valence-corrected chi connectivity index (χ3v) is 2.98. The van der Waals surface area contributed by atoms with Gasteiger partial charge < -0.3 is 14.6 Å². The molecular weight excluding hydrogens is 284 g/mol. The average molecular weight is 308 g/mol. The average Bonchev–Trinajstić information content (AvgIpc) is 2.43. The molecule has 122 valence electrons. The molecule has 0 saturated carbocycles. The molecule has 0 heterocycles. The van der Waals surface area contributed by atoms with E-state index in [9.17, 15) is 14.7 Å². The maximum atomic E-state index is 12.1. The highest BCUT2D eigenvalue weighted by atomic mass is 16.6. The van der Waals surface area contributed by atoms with Crippen molar-refractivity contribution in [2.45, 2.75) is 58.5 Å². The number of carbonyl (C=O) groups is 2. The van der Waals surface area contributed by atoms with E-state index in [2.05, 4.69) is 0 Å². The largest absolute Gasteiger partial charge is 0.459 e. The first-order valence-electron chi connectivity index (χ1n) is 7.32. The van der Waals surface area contributed by atoms with Crippen LogP contribution in [0.3, 0.4) is 0 Å². The van der Waals surface area contributed by atoms with Gasteiger partial charge in [-0.15, -0.1) is 0 Å². The van der Waals surface area contributed by atoms with Crippen molar-refractivity contribution in [2.24, 2.45) is 0 Å². The van der Waals surface area contributed by atoms with Crippen LogP contribution in [-0.2, 0) is 25.7 Å². The van der Waals surface area contributed by atoms with E-state index in [1.807, 2.05) is 30.3 Å². The molecule has 0 amide bonds. The molecule has 0 spiro atoms. The summed E-state index contributed by atoms with van der Waals surface area (Å²) in [6, 6.07) is 9.26. The van der Waals surface area contributed by atoms with Crippen molar-refractivity contribution in [1.29, 1.82) is 0 Å². The summed E-state index contributed by atoms with van der Waals surface area (Å²) in [5.74, 6) is -1.06. The number of aliphatic hydroxyl groups is 1. The molecule has 0 aliphatic carbocycles. The third-order valence-electron chi connectivity index (χ3n) is 2.98. The molecular formula is C17H24O5. The fourth-order valence-corrected chi connectivity index (χ4v) is 1.76. The molecule has 22 heavy (non-hydrogen) atoms. The Hall–Kier alpha value is -1.72. The van der Waals surface area contributed by atoms with E-state index in [1.165, 1.54) is 13.8 Å². The van der Waals surface area contributed by atoms with E-state index in [-0.39, 0.29) is 19.1 Å². The van der Waals surface area contributed by atoms with E-state index in [0.29, 0.717) is 0 Å². The monoisotopic (exact) mass is 308 g/mol. The summed E-state index contributed by atoms with van der Waals surface area (Å²) in [5, 5.41) is 9.70. The summed E-state index contributed by atoms with van der Waals surface area (Å²) in [6.07, 6.45) is -1.46. The molecule has 0 aliphatic heterocycles. The van der Waals surface area contributed by atoms with Gasteiger partial charge in [0.05, 0.1) is 6.10 Å². The quantitative estimate of drug-likeness (QED) is 0.746. The predicted octanol–water partition coefficient (Wildman–Crippen LogP) is 2.25. The highest BCUT2D eigenvalue weighted by molar-refractivity contribution is 5.90. The molecule has 0 fully saturated rings. The molecule has 0 aromatic heterocycles. The number of carbonyl (C=O) groups excluding carboxylic acids is 2. The van der Waals surface area contributed by atoms with Gasteiger partial charge in [0.15, 0.2) is 11.9 Å². The van der Waals surface area contributed by atoms with Crippen LogP contribution in [0.5, 0.6) is 0 Å². The maximum absolute atomic E-state index is 12.1. The number of rotatable bonds is 8. The molecule has 0 aliphatic rings. The lowest BCUT2D eigenvalue weighted by atomic mass is 9.98. The van der Waals surface area contributed by atoms with Crippen LogP contribution in [0.4, 0.5) is 0 Å². The minimum atomic E-state index is -1.50. The Morgan fingerprint density at radius 3 is 2.27 bits per heavy atom. The van der Waals surface area contributed by atoms with E-state index < -0.39 is 23.5 Å². The van der Waals surface area contributed by atoms with Crippen LogP contribution in [0.2, 0.25) is 0 Å². The molecule has 0 saturated heterocycles. The topological polar surface area (TPSA) is 72.8 Å². The molecule has 1 N–H and O–H groups in total. The first-order valence-corrected chi connectivity index (χ1v) is 7.32. The predicted molar refractivity (Wildman–Crippen MR) is 82.2 cm³/mol. The maximum Gasteiger partial charge on any atom is 0.336 e. The van der Waals surface area contributed by atoms with Crippen molar-refractivity contribution in [3.63, 3.8) is 0 Å². The molecule has 0 radical (unpaired) electrons. The Labute approximate surface area is 131 Å². The summed E-state index contributed by atoms with van der Waals surface area (Å²) in [7, 11) is 0. The number of benzene rings is 1. The zero-order valence-corrected chi connectivity index (χ0v) is 13.5. The van der Waals surface area contributed by atoms with Crippen LogP contribution in [0.1, 0.15) is 39.7 Å². The number of hydrogen-bond acceptors (Lipinski definition) is 5. The Morgan fingerprint density at radius 1 is 1.18 bits per heavy atom. The van der Waals surface area contributed by atoms with Crippen molar-refractivity contribution < 1.29 is 24.2 Å². The zero-order chi connectivity index (χ0) is 16.8. The fraction of sp³-hybridized carbons (Fsp3) is 0.529. The minimum Gasteiger partial charge on any atom is -0.459 e. The second-order valence-electron chi connectivity index (χ2n) is 5.95. The molecule has 1 atom stereocenters. The van der Waals surface area contributed by atoms with Crippen LogP contribution in [0, 0.1) is 0 Å². The molecule has 5 nitrogen and oxygen atoms in total. The number of esters is 1. The lowest BCUT2D eigenvalue weighted by Crippen LogP contribution is -2.38. The Morgan fingerprint density at radius 2 is 1.77 bits per heavy atom. The van der Waals surface area contributed by atoms with Gasteiger partial charge in [-0.1, -0.05) is 30.3 Å². The van der Waals surface area contributed by atoms with Crippen LogP contribution in [0.15, 0.2) is 30.3 Å². The van der Waals surface area contributed by atoms with Gasteiger partial charge in [-0.3, -0.25) is 4.79 Å². The highest BCUT2D eigenvalue weighted by Gasteiger charge is 2.32. The number of hydrogen-bond donors (Lipinski definition) is 1. The van der Waals surface area contributed by atoms with E-state index in [0.717, 1.165) is 5.56 Å². The summed E-state index contributed by atoms with van der Waals surface area (Å²) in [5.41, 5.74) is -0.647. The van der Waals surface area contributed by atoms with Crippen molar-refractivity contribution >= 4 is 11.8 Å². The molecule has 1 aromatic carbocycles. The van der Waals surface area contributed by atoms with Crippen LogP contribution in [-0.4, -0.2) is 34.7 Å². The molecule has 5 heteroatoms. The van der Waals surface area contributed by atoms with Gasteiger partial charge in [-0.05, 0) is 33.3 Å². The summed E-state index contributed by atoms with van der Waals surface area (Å²) >= 11 is 0. The Kier molecular flexibility index (Phi) is 6.71. The van der Waals surface area contributed by atoms with Crippen molar-refractivity contribution in [3.8, 4) is 0 Å². The fourth-order valence-electron chi connectivity index (χ4n) is 1.76. The van der Waals surface area contributed by atoms with E-state index in [1.54, 1.807) is 13.8 Å². The van der Waals surface area contributed by atoms with Crippen molar-refractivity contribution in [1.82, 2.24) is 0 Å². The van der Waals surface area contributed by atoms with E-state index in [4.69, 9.17) is 9.47 Å². The standard InChI is InChI=1S/C17H24O5/c1-12(2)22-14(10-15(18)17(3,4)20)16(19)21-11-13-8-6-5-7-9-13/h5-9,12,14,20H,10-11H2,1-4H3. The Balaban J connectivity index is 2.66. The van der Waals surface area contributed by atoms with Crippen molar-refractivity contribution in [3.05, 3.63) is 35.9 Å². The van der Waals surface area contributed by atoms with Gasteiger partial charge in [-0.2, -0.15) is 0 Å². The van der Waals surface area contributed by atoms with E-state index >= 15 is 0 Å². The second kappa shape index (κ2) is 8.06. The number of ether oxygens (including phenoxy) is 2. The number of ketones is 1. The molecule has 0 bridgehead atoms. The lowest BCUT2D eigenvalue weighted by Gasteiger charge is -2.22. The molecule has 1 rings (SSSR count). The zero-order valence-electron chi connectivity index (χ0n) is 13.5. The third kappa shape index (κ3) is 6.37. The Bertz CT molecular complexity index is 488. The second-order valence-corrected chi connectivity index (χ2v) is 5.95. The molecule has 1 unspecified atom stereocenters. The lowest BCUT2D eigenvalue weighted by molar-refractivity contribution is -0.165. The van der Waals surface area contributed by atoms with Crippen LogP contribution < -0.4 is 0 Å². The van der Waals surface area contributed by atoms with Gasteiger partial charge in [0, 0.05) is 6.42 Å². The van der Waals surface area contributed by atoms with Gasteiger partial charge in [0.25, 0.3) is 0 Å². The first-order chi connectivity index (χ1) is 10.2. The normalized spacial score (nSPS) is 13.0. The van der Waals surface area contributed by atoms with Crippen LogP contribution in [0.25, 0.3) is 0 Å². The summed E-state index contributed by atoms with van der Waals surface area (Å²) in [4.78, 5) is 24.0. The van der Waals surface area contributed by atoms with Gasteiger partial charge in [-0.25, -0.2) is 4.79 Å². The van der Waals surface area contributed by atoms with Gasteiger partial charge in [0.1, 0.15) is 12.2 Å².